The molecule has 0 aromatic heterocycles. The second kappa shape index (κ2) is 10.3. The van der Waals surface area contributed by atoms with Gasteiger partial charge < -0.3 is 19.9 Å². The third kappa shape index (κ3) is 5.82. The SMILES string of the molecule is CCOc1cc(CCN)cc(Cl)c1OCCOc1ccc(C(C)C)cc1. The Morgan fingerprint density at radius 1 is 1.00 bits per heavy atom. The van der Waals surface area contributed by atoms with E-state index in [1.807, 2.05) is 31.2 Å². The molecule has 0 aliphatic heterocycles. The molecule has 2 rings (SSSR count). The summed E-state index contributed by atoms with van der Waals surface area (Å²) in [6.07, 6.45) is 0.746. The van der Waals surface area contributed by atoms with Gasteiger partial charge in [-0.25, -0.2) is 0 Å². The predicted octanol–water partition coefficient (Wildman–Crippen LogP) is 4.82. The summed E-state index contributed by atoms with van der Waals surface area (Å²) >= 11 is 6.36. The van der Waals surface area contributed by atoms with Crippen molar-refractivity contribution in [3.8, 4) is 17.2 Å². The van der Waals surface area contributed by atoms with Gasteiger partial charge in [0.05, 0.1) is 11.6 Å². The highest BCUT2D eigenvalue weighted by atomic mass is 35.5. The van der Waals surface area contributed by atoms with Crippen molar-refractivity contribution in [1.82, 2.24) is 0 Å². The van der Waals surface area contributed by atoms with Gasteiger partial charge in [-0.1, -0.05) is 37.6 Å². The molecule has 5 heteroatoms. The lowest BCUT2D eigenvalue weighted by Crippen LogP contribution is -2.11. The third-order valence-electron chi connectivity index (χ3n) is 3.95. The zero-order chi connectivity index (χ0) is 18.9. The van der Waals surface area contributed by atoms with Gasteiger partial charge in [0.1, 0.15) is 19.0 Å². The normalized spacial score (nSPS) is 10.8. The van der Waals surface area contributed by atoms with Crippen molar-refractivity contribution in [3.05, 3.63) is 52.5 Å². The lowest BCUT2D eigenvalue weighted by Gasteiger charge is -2.15. The van der Waals surface area contributed by atoms with Gasteiger partial charge >= 0.3 is 0 Å². The number of nitrogens with two attached hydrogens (primary N) is 1. The van der Waals surface area contributed by atoms with Crippen LogP contribution in [-0.4, -0.2) is 26.4 Å². The number of hydrogen-bond acceptors (Lipinski definition) is 4. The van der Waals surface area contributed by atoms with E-state index in [9.17, 15) is 0 Å². The van der Waals surface area contributed by atoms with E-state index in [-0.39, 0.29) is 0 Å². The maximum Gasteiger partial charge on any atom is 0.179 e. The molecule has 0 heterocycles. The van der Waals surface area contributed by atoms with Crippen molar-refractivity contribution in [1.29, 1.82) is 0 Å². The summed E-state index contributed by atoms with van der Waals surface area (Å²) in [7, 11) is 0. The first-order chi connectivity index (χ1) is 12.5. The van der Waals surface area contributed by atoms with Crippen LogP contribution in [0.4, 0.5) is 0 Å². The van der Waals surface area contributed by atoms with E-state index in [1.54, 1.807) is 0 Å². The summed E-state index contributed by atoms with van der Waals surface area (Å²) in [4.78, 5) is 0. The number of ether oxygens (including phenoxy) is 3. The van der Waals surface area contributed by atoms with Crippen molar-refractivity contribution < 1.29 is 14.2 Å². The van der Waals surface area contributed by atoms with Gasteiger partial charge in [-0.2, -0.15) is 0 Å². The predicted molar refractivity (Wildman–Crippen MR) is 107 cm³/mol. The molecule has 2 aromatic rings. The molecular weight excluding hydrogens is 350 g/mol. The largest absolute Gasteiger partial charge is 0.490 e. The topological polar surface area (TPSA) is 53.7 Å². The molecule has 2 N–H and O–H groups in total. The van der Waals surface area contributed by atoms with Gasteiger partial charge in [-0.05, 0) is 61.2 Å². The summed E-state index contributed by atoms with van der Waals surface area (Å²) in [5.41, 5.74) is 7.95. The van der Waals surface area contributed by atoms with Crippen LogP contribution in [0.15, 0.2) is 36.4 Å². The van der Waals surface area contributed by atoms with Crippen LogP contribution in [0.3, 0.4) is 0 Å². The highest BCUT2D eigenvalue weighted by Gasteiger charge is 2.12. The first-order valence-corrected chi connectivity index (χ1v) is 9.43. The molecule has 0 atom stereocenters. The van der Waals surface area contributed by atoms with E-state index >= 15 is 0 Å². The fraction of sp³-hybridized carbons (Fsp3) is 0.429. The van der Waals surface area contributed by atoms with Crippen LogP contribution in [-0.2, 0) is 6.42 Å². The first-order valence-electron chi connectivity index (χ1n) is 9.06. The van der Waals surface area contributed by atoms with Gasteiger partial charge in [-0.3, -0.25) is 0 Å². The van der Waals surface area contributed by atoms with Crippen molar-refractivity contribution in [2.75, 3.05) is 26.4 Å². The molecule has 0 spiro atoms. The number of rotatable bonds is 10. The molecule has 0 aliphatic carbocycles. The monoisotopic (exact) mass is 377 g/mol. The van der Waals surface area contributed by atoms with E-state index in [0.29, 0.717) is 48.8 Å². The molecule has 0 bridgehead atoms. The Kier molecular flexibility index (Phi) is 8.07. The summed E-state index contributed by atoms with van der Waals surface area (Å²) in [6, 6.07) is 11.9. The fourth-order valence-electron chi connectivity index (χ4n) is 2.59. The Morgan fingerprint density at radius 3 is 2.31 bits per heavy atom. The lowest BCUT2D eigenvalue weighted by atomic mass is 10.0. The second-order valence-electron chi connectivity index (χ2n) is 6.30. The van der Waals surface area contributed by atoms with Crippen molar-refractivity contribution >= 4 is 11.6 Å². The Morgan fingerprint density at radius 2 is 1.69 bits per heavy atom. The minimum Gasteiger partial charge on any atom is -0.490 e. The maximum absolute atomic E-state index is 6.36. The smallest absolute Gasteiger partial charge is 0.179 e. The molecule has 0 saturated carbocycles. The number of halogens is 1. The molecule has 0 unspecified atom stereocenters. The van der Waals surface area contributed by atoms with Crippen LogP contribution >= 0.6 is 11.6 Å². The van der Waals surface area contributed by atoms with Crippen molar-refractivity contribution in [2.24, 2.45) is 5.73 Å². The van der Waals surface area contributed by atoms with Gasteiger partial charge in [0, 0.05) is 0 Å². The molecule has 0 amide bonds. The summed E-state index contributed by atoms with van der Waals surface area (Å²) in [5.74, 6) is 2.53. The molecule has 0 saturated heterocycles. The van der Waals surface area contributed by atoms with Gasteiger partial charge in [-0.15, -0.1) is 0 Å². The highest BCUT2D eigenvalue weighted by Crippen LogP contribution is 2.36. The fourth-order valence-corrected chi connectivity index (χ4v) is 2.88. The van der Waals surface area contributed by atoms with Gasteiger partial charge in [0.25, 0.3) is 0 Å². The second-order valence-corrected chi connectivity index (χ2v) is 6.70. The molecular formula is C21H28ClNO3. The molecule has 4 nitrogen and oxygen atoms in total. The minimum atomic E-state index is 0.377. The van der Waals surface area contributed by atoms with E-state index in [1.165, 1.54) is 5.56 Å². The highest BCUT2D eigenvalue weighted by molar-refractivity contribution is 6.32. The van der Waals surface area contributed by atoms with E-state index in [4.69, 9.17) is 31.5 Å². The average molecular weight is 378 g/mol. The number of benzene rings is 2. The van der Waals surface area contributed by atoms with Crippen LogP contribution in [0.2, 0.25) is 5.02 Å². The Hall–Kier alpha value is -1.91. The van der Waals surface area contributed by atoms with E-state index < -0.39 is 0 Å². The Labute approximate surface area is 161 Å². The van der Waals surface area contributed by atoms with Gasteiger partial charge in [0.15, 0.2) is 11.5 Å². The zero-order valence-electron chi connectivity index (χ0n) is 15.8. The van der Waals surface area contributed by atoms with Crippen molar-refractivity contribution in [2.45, 2.75) is 33.1 Å². The van der Waals surface area contributed by atoms with Crippen molar-refractivity contribution in [3.63, 3.8) is 0 Å². The van der Waals surface area contributed by atoms with E-state index in [2.05, 4.69) is 26.0 Å². The van der Waals surface area contributed by atoms with Crippen LogP contribution < -0.4 is 19.9 Å². The molecule has 26 heavy (non-hydrogen) atoms. The Balaban J connectivity index is 1.93. The quantitative estimate of drug-likeness (QED) is 0.603. The molecule has 0 aliphatic rings. The van der Waals surface area contributed by atoms with Gasteiger partial charge in [0.2, 0.25) is 0 Å². The third-order valence-corrected chi connectivity index (χ3v) is 4.23. The van der Waals surface area contributed by atoms with Crippen LogP contribution in [0.25, 0.3) is 0 Å². The van der Waals surface area contributed by atoms with Crippen LogP contribution in [0, 0.1) is 0 Å². The first kappa shape index (κ1) is 20.4. The zero-order valence-corrected chi connectivity index (χ0v) is 16.5. The van der Waals surface area contributed by atoms with E-state index in [0.717, 1.165) is 17.7 Å². The lowest BCUT2D eigenvalue weighted by molar-refractivity contribution is 0.208. The maximum atomic E-state index is 6.36. The standard InChI is InChI=1S/C21H28ClNO3/c1-4-24-20-14-16(9-10-23)13-19(22)21(20)26-12-11-25-18-7-5-17(6-8-18)15(2)3/h5-8,13-15H,4,9-12,23H2,1-3H3. The van der Waals surface area contributed by atoms with Crippen LogP contribution in [0.5, 0.6) is 17.2 Å². The van der Waals surface area contributed by atoms with Crippen LogP contribution in [0.1, 0.15) is 37.8 Å². The summed E-state index contributed by atoms with van der Waals surface area (Å²) < 4.78 is 17.2. The minimum absolute atomic E-state index is 0.377. The average Bonchev–Trinajstić information content (AvgIpc) is 2.61. The molecule has 142 valence electrons. The summed E-state index contributed by atoms with van der Waals surface area (Å²) in [6.45, 7) is 8.17. The molecule has 2 aromatic carbocycles. The molecule has 0 fully saturated rings. The number of hydrogen-bond donors (Lipinski definition) is 1. The molecule has 0 radical (unpaired) electrons. The summed E-state index contributed by atoms with van der Waals surface area (Å²) in [5, 5.41) is 0.528. The Bertz CT molecular complexity index is 686.